The molecule has 1 aromatic carbocycles. The smallest absolute Gasteiger partial charge is 0.270 e. The second kappa shape index (κ2) is 6.61. The van der Waals surface area contributed by atoms with Crippen molar-refractivity contribution < 1.29 is 4.79 Å². The summed E-state index contributed by atoms with van der Waals surface area (Å²) in [6.45, 7) is 6.56. The number of pyridine rings is 1. The zero-order chi connectivity index (χ0) is 17.3. The first-order valence-corrected chi connectivity index (χ1v) is 8.75. The van der Waals surface area contributed by atoms with E-state index in [1.807, 2.05) is 38.1 Å². The number of thiophene rings is 1. The van der Waals surface area contributed by atoms with E-state index in [1.54, 1.807) is 28.4 Å². The molecule has 3 rings (SSSR count). The van der Waals surface area contributed by atoms with Crippen molar-refractivity contribution in [3.63, 3.8) is 0 Å². The van der Waals surface area contributed by atoms with Gasteiger partial charge >= 0.3 is 0 Å². The number of aromatic amines is 1. The van der Waals surface area contributed by atoms with Crippen LogP contribution < -0.4 is 5.56 Å². The van der Waals surface area contributed by atoms with Crippen LogP contribution in [0.1, 0.15) is 34.1 Å². The highest BCUT2D eigenvalue weighted by Gasteiger charge is 2.21. The molecule has 0 saturated heterocycles. The van der Waals surface area contributed by atoms with E-state index in [0.717, 1.165) is 10.3 Å². The third-order valence-electron chi connectivity index (χ3n) is 3.99. The molecule has 0 saturated carbocycles. The summed E-state index contributed by atoms with van der Waals surface area (Å²) in [5.74, 6) is -0.154. The maximum Gasteiger partial charge on any atom is 0.270 e. The molecule has 1 amide bonds. The van der Waals surface area contributed by atoms with E-state index < -0.39 is 0 Å². The number of benzene rings is 1. The van der Waals surface area contributed by atoms with Gasteiger partial charge in [0.25, 0.3) is 11.5 Å². The van der Waals surface area contributed by atoms with Gasteiger partial charge in [0.05, 0.1) is 6.54 Å². The SMILES string of the molecule is Cc1ccc(CN(C(=O)c2cc3ccccc3c(=O)[nH]2)C(C)C)s1. The Hall–Kier alpha value is -2.40. The molecule has 0 aliphatic rings. The maximum absolute atomic E-state index is 13.0. The molecule has 0 aliphatic carbocycles. The molecule has 0 aliphatic heterocycles. The Morgan fingerprint density at radius 1 is 1.21 bits per heavy atom. The zero-order valence-electron chi connectivity index (χ0n) is 14.0. The van der Waals surface area contributed by atoms with E-state index in [0.29, 0.717) is 17.6 Å². The molecular formula is C19H20N2O2S. The van der Waals surface area contributed by atoms with Crippen LogP contribution in [0.2, 0.25) is 0 Å². The van der Waals surface area contributed by atoms with Crippen LogP contribution >= 0.6 is 11.3 Å². The van der Waals surface area contributed by atoms with Gasteiger partial charge in [-0.15, -0.1) is 11.3 Å². The number of H-pyrrole nitrogens is 1. The van der Waals surface area contributed by atoms with Crippen LogP contribution in [0.15, 0.2) is 47.3 Å². The van der Waals surface area contributed by atoms with Gasteiger partial charge in [-0.3, -0.25) is 9.59 Å². The highest BCUT2D eigenvalue weighted by Crippen LogP contribution is 2.20. The first-order valence-electron chi connectivity index (χ1n) is 7.94. The van der Waals surface area contributed by atoms with Crippen molar-refractivity contribution in [1.82, 2.24) is 9.88 Å². The second-order valence-electron chi connectivity index (χ2n) is 6.14. The lowest BCUT2D eigenvalue weighted by molar-refractivity contribution is 0.0686. The third-order valence-corrected chi connectivity index (χ3v) is 4.98. The molecule has 3 aromatic rings. The van der Waals surface area contributed by atoms with Gasteiger partial charge in [-0.1, -0.05) is 18.2 Å². The molecular weight excluding hydrogens is 320 g/mol. The van der Waals surface area contributed by atoms with Gasteiger partial charge in [0, 0.05) is 21.2 Å². The average molecular weight is 340 g/mol. The minimum atomic E-state index is -0.230. The number of aromatic nitrogens is 1. The van der Waals surface area contributed by atoms with E-state index in [1.165, 1.54) is 4.88 Å². The molecule has 0 bridgehead atoms. The van der Waals surface area contributed by atoms with E-state index in [2.05, 4.69) is 18.0 Å². The van der Waals surface area contributed by atoms with Crippen LogP contribution in [0.5, 0.6) is 0 Å². The van der Waals surface area contributed by atoms with E-state index in [4.69, 9.17) is 0 Å². The Morgan fingerprint density at radius 3 is 2.62 bits per heavy atom. The predicted octanol–water partition coefficient (Wildman–Crippen LogP) is 3.95. The fourth-order valence-electron chi connectivity index (χ4n) is 2.71. The van der Waals surface area contributed by atoms with Gasteiger partial charge in [-0.05, 0) is 50.4 Å². The van der Waals surface area contributed by atoms with Crippen molar-refractivity contribution in [2.45, 2.75) is 33.4 Å². The molecule has 4 nitrogen and oxygen atoms in total. The average Bonchev–Trinajstić information content (AvgIpc) is 2.97. The van der Waals surface area contributed by atoms with E-state index in [-0.39, 0.29) is 17.5 Å². The van der Waals surface area contributed by atoms with Crippen molar-refractivity contribution in [3.05, 3.63) is 68.3 Å². The van der Waals surface area contributed by atoms with Crippen molar-refractivity contribution in [2.75, 3.05) is 0 Å². The summed E-state index contributed by atoms with van der Waals surface area (Å²) >= 11 is 1.69. The van der Waals surface area contributed by atoms with E-state index in [9.17, 15) is 9.59 Å². The summed E-state index contributed by atoms with van der Waals surface area (Å²) in [5.41, 5.74) is 0.104. The van der Waals surface area contributed by atoms with Gasteiger partial charge in [0.1, 0.15) is 5.69 Å². The fourth-order valence-corrected chi connectivity index (χ4v) is 3.60. The summed E-state index contributed by atoms with van der Waals surface area (Å²) in [7, 11) is 0. The molecule has 5 heteroatoms. The molecule has 2 heterocycles. The van der Waals surface area contributed by atoms with Crippen molar-refractivity contribution >= 4 is 28.0 Å². The summed E-state index contributed by atoms with van der Waals surface area (Å²) < 4.78 is 0. The van der Waals surface area contributed by atoms with Gasteiger partial charge in [0.15, 0.2) is 0 Å². The standard InChI is InChI=1S/C19H20N2O2S/c1-12(2)21(11-15-9-8-13(3)24-15)19(23)17-10-14-6-4-5-7-16(14)18(22)20-17/h4-10,12H,11H2,1-3H3,(H,20,22). The topological polar surface area (TPSA) is 53.2 Å². The number of rotatable bonds is 4. The molecule has 1 N–H and O–H groups in total. The number of amides is 1. The highest BCUT2D eigenvalue weighted by atomic mass is 32.1. The minimum Gasteiger partial charge on any atom is -0.330 e. The van der Waals surface area contributed by atoms with Crippen molar-refractivity contribution in [2.24, 2.45) is 0 Å². The Morgan fingerprint density at radius 2 is 1.96 bits per heavy atom. The normalized spacial score (nSPS) is 11.2. The Balaban J connectivity index is 1.97. The van der Waals surface area contributed by atoms with Crippen molar-refractivity contribution in [3.8, 4) is 0 Å². The monoisotopic (exact) mass is 340 g/mol. The third kappa shape index (κ3) is 3.26. The molecule has 124 valence electrons. The van der Waals surface area contributed by atoms with Gasteiger partial charge < -0.3 is 9.88 Å². The summed E-state index contributed by atoms with van der Waals surface area (Å²) in [6, 6.07) is 13.2. The number of hydrogen-bond donors (Lipinski definition) is 1. The lowest BCUT2D eigenvalue weighted by Gasteiger charge is -2.26. The van der Waals surface area contributed by atoms with Gasteiger partial charge in [0.2, 0.25) is 0 Å². The van der Waals surface area contributed by atoms with Crippen LogP contribution in [0.3, 0.4) is 0 Å². The second-order valence-corrected chi connectivity index (χ2v) is 7.51. The summed E-state index contributed by atoms with van der Waals surface area (Å²) in [5, 5.41) is 1.37. The maximum atomic E-state index is 13.0. The number of nitrogens with one attached hydrogen (secondary N) is 1. The first kappa shape index (κ1) is 16.5. The lowest BCUT2D eigenvalue weighted by atomic mass is 10.1. The number of carbonyl (C=O) groups is 1. The summed E-state index contributed by atoms with van der Waals surface area (Å²) in [4.78, 5) is 32.1. The predicted molar refractivity (Wildman–Crippen MR) is 98.6 cm³/mol. The van der Waals surface area contributed by atoms with Crippen LogP contribution in [0.4, 0.5) is 0 Å². The van der Waals surface area contributed by atoms with Crippen molar-refractivity contribution in [1.29, 1.82) is 0 Å². The Kier molecular flexibility index (Phi) is 4.53. The minimum absolute atomic E-state index is 0.0369. The Bertz CT molecular complexity index is 940. The fraction of sp³-hybridized carbons (Fsp3) is 0.263. The van der Waals surface area contributed by atoms with Crippen LogP contribution in [0, 0.1) is 6.92 Å². The first-order chi connectivity index (χ1) is 11.5. The molecule has 0 radical (unpaired) electrons. The number of aryl methyl sites for hydroxylation is 1. The highest BCUT2D eigenvalue weighted by molar-refractivity contribution is 7.11. The zero-order valence-corrected chi connectivity index (χ0v) is 14.8. The lowest BCUT2D eigenvalue weighted by Crippen LogP contribution is -2.37. The largest absolute Gasteiger partial charge is 0.330 e. The summed E-state index contributed by atoms with van der Waals surface area (Å²) in [6.07, 6.45) is 0. The van der Waals surface area contributed by atoms with Crippen LogP contribution in [0.25, 0.3) is 10.8 Å². The quantitative estimate of drug-likeness (QED) is 0.782. The van der Waals surface area contributed by atoms with Crippen LogP contribution in [-0.2, 0) is 6.54 Å². The Labute approximate surface area is 144 Å². The molecule has 24 heavy (non-hydrogen) atoms. The molecule has 0 atom stereocenters. The molecule has 2 aromatic heterocycles. The van der Waals surface area contributed by atoms with Crippen LogP contribution in [-0.4, -0.2) is 21.8 Å². The number of carbonyl (C=O) groups excluding carboxylic acids is 1. The molecule has 0 unspecified atom stereocenters. The number of nitrogens with zero attached hydrogens (tertiary/aromatic N) is 1. The van der Waals surface area contributed by atoms with Gasteiger partial charge in [-0.25, -0.2) is 0 Å². The van der Waals surface area contributed by atoms with E-state index >= 15 is 0 Å². The van der Waals surface area contributed by atoms with Gasteiger partial charge in [-0.2, -0.15) is 0 Å². The number of fused-ring (bicyclic) bond motifs is 1. The molecule has 0 spiro atoms. The molecule has 0 fully saturated rings. The number of hydrogen-bond acceptors (Lipinski definition) is 3.